The molecule has 463 valence electrons. The van der Waals surface area contributed by atoms with E-state index in [1.165, 1.54) is 81.3 Å². The summed E-state index contributed by atoms with van der Waals surface area (Å²) in [5.74, 6) is -8.63. The molecule has 88 heavy (non-hydrogen) atoms. The third-order valence-electron chi connectivity index (χ3n) is 8.07. The Balaban J connectivity index is -0.0000000693. The summed E-state index contributed by atoms with van der Waals surface area (Å²) in [7, 11) is 1.26. The van der Waals surface area contributed by atoms with Gasteiger partial charge in [-0.05, 0) is 95.3 Å². The Kier molecular flexibility index (Phi) is 69.9. The number of carboxylic acids is 5. The maximum atomic E-state index is 11.0. The number of halogens is 2. The molecule has 3 radical (unpaired) electrons. The minimum absolute atomic E-state index is 0. The molecule has 0 aliphatic rings. The molecule has 4 amide bonds. The number of aryl methyl sites for hydroxylation is 1. The molecule has 0 atom stereocenters. The van der Waals surface area contributed by atoms with Crippen LogP contribution < -0.4 is 129 Å². The number of hydrogen-bond donors (Lipinski definition) is 12. The summed E-state index contributed by atoms with van der Waals surface area (Å²) in [6, 6.07) is 16.6. The van der Waals surface area contributed by atoms with Crippen LogP contribution in [0, 0.1) is 0 Å². The second-order valence-electron chi connectivity index (χ2n) is 13.8. The fourth-order valence-electron chi connectivity index (χ4n) is 4.48. The van der Waals surface area contributed by atoms with Gasteiger partial charge in [-0.3, -0.25) is 58.5 Å². The van der Waals surface area contributed by atoms with Crippen LogP contribution in [0.15, 0.2) is 110 Å². The van der Waals surface area contributed by atoms with Gasteiger partial charge in [0, 0.05) is 59.4 Å². The molecule has 0 bridgehead atoms. The Morgan fingerprint density at radius 1 is 0.523 bits per heavy atom. The number of methoxy groups -OCH3 is 1. The second kappa shape index (κ2) is 60.0. The predicted molar refractivity (Wildman–Crippen MR) is 311 cm³/mol. The number of aliphatic hydroxyl groups excluding tert-OH is 1. The van der Waals surface area contributed by atoms with E-state index in [2.05, 4.69) is 62.1 Å². The number of alkyl halides is 1. The van der Waals surface area contributed by atoms with Gasteiger partial charge in [-0.25, -0.2) is 29.0 Å². The van der Waals surface area contributed by atoms with Crippen molar-refractivity contribution in [2.24, 2.45) is 22.9 Å². The van der Waals surface area contributed by atoms with Crippen molar-refractivity contribution in [2.45, 2.75) is 33.8 Å². The minimum atomic E-state index is -1.24. The number of carbonyl (C=O) groups excluding carboxylic acids is 7. The third-order valence-corrected chi connectivity index (χ3v) is 8.07. The molecule has 0 saturated heterocycles. The first-order valence-corrected chi connectivity index (χ1v) is 23.6. The number of nitrogens with two attached hydrogens (primary N) is 4. The van der Waals surface area contributed by atoms with Gasteiger partial charge >= 0.3 is 120 Å². The van der Waals surface area contributed by atoms with E-state index in [4.69, 9.17) is 68.4 Å². The minimum Gasteiger partial charge on any atom is -1.00 e. The zero-order valence-electron chi connectivity index (χ0n) is 51.5. The van der Waals surface area contributed by atoms with Crippen molar-refractivity contribution in [3.8, 4) is 0 Å². The van der Waals surface area contributed by atoms with E-state index >= 15 is 0 Å². The van der Waals surface area contributed by atoms with Gasteiger partial charge in [0.25, 0.3) is 36.1 Å². The van der Waals surface area contributed by atoms with Gasteiger partial charge in [0.1, 0.15) is 34.2 Å². The third kappa shape index (κ3) is 47.8. The molecule has 6 heterocycles. The zero-order valence-corrected chi connectivity index (χ0v) is 57.4. The number of carbonyl (C=O) groups is 12. The molecular weight excluding hydrogens is 1330 g/mol. The summed E-state index contributed by atoms with van der Waals surface area (Å²) in [6.45, 7) is 4.15. The van der Waals surface area contributed by atoms with Crippen molar-refractivity contribution < 1.29 is 196 Å². The molecule has 0 unspecified atom stereocenters. The van der Waals surface area contributed by atoms with Gasteiger partial charge in [0.2, 0.25) is 0 Å². The molecular formula is C49H62BClIN12Na3O21+. The number of Topliss-reactive ketones (excluding diaryl/α,β-unsaturated/α-hetero) is 1. The molecule has 0 aromatic carbocycles. The van der Waals surface area contributed by atoms with Crippen LogP contribution in [0.25, 0.3) is 0 Å². The number of primary amides is 4. The zero-order chi connectivity index (χ0) is 62.8. The van der Waals surface area contributed by atoms with Gasteiger partial charge in [0.05, 0.1) is 36.0 Å². The average molecular weight is 1400 g/mol. The Labute approximate surface area is 594 Å². The predicted octanol–water partition coefficient (Wildman–Crippen LogP) is -6.99. The van der Waals surface area contributed by atoms with Crippen molar-refractivity contribution in [3.05, 3.63) is 178 Å². The van der Waals surface area contributed by atoms with Crippen LogP contribution in [0.2, 0.25) is 0 Å². The Morgan fingerprint density at radius 3 is 1.05 bits per heavy atom. The monoisotopic (exact) mass is 1400 g/mol. The topological polar surface area (TPSA) is 619 Å². The number of aromatic nitrogens is 6. The molecule has 6 aromatic heterocycles. The molecule has 0 aliphatic heterocycles. The molecule has 6 rings (SSSR count). The van der Waals surface area contributed by atoms with Gasteiger partial charge in [-0.2, -0.15) is 0 Å². The van der Waals surface area contributed by atoms with Gasteiger partial charge in [-0.15, -0.1) is 12.4 Å². The summed E-state index contributed by atoms with van der Waals surface area (Å²) < 4.78 is 4.45. The van der Waals surface area contributed by atoms with Gasteiger partial charge in [0.15, 0.2) is 5.78 Å². The number of hydrogen-bond acceptors (Lipinski definition) is 24. The van der Waals surface area contributed by atoms with E-state index < -0.39 is 59.4 Å². The largest absolute Gasteiger partial charge is 1.00 e. The summed E-state index contributed by atoms with van der Waals surface area (Å²) in [6.07, 6.45) is 8.93. The van der Waals surface area contributed by atoms with E-state index in [0.29, 0.717) is 11.3 Å². The van der Waals surface area contributed by atoms with E-state index in [9.17, 15) is 47.9 Å². The molecule has 0 aliphatic carbocycles. The number of aliphatic hydroxyl groups is 1. The number of amides is 4. The van der Waals surface area contributed by atoms with Crippen molar-refractivity contribution in [3.63, 3.8) is 0 Å². The molecule has 33 nitrogen and oxygen atoms in total. The Bertz CT molecular complexity index is 2840. The van der Waals surface area contributed by atoms with Crippen LogP contribution in [-0.4, -0.2) is 153 Å². The quantitative estimate of drug-likeness (QED) is 0.00747. The first-order chi connectivity index (χ1) is 38.1. The van der Waals surface area contributed by atoms with E-state index in [1.807, 2.05) is 17.9 Å². The van der Waals surface area contributed by atoms with Crippen molar-refractivity contribution in [1.82, 2.24) is 42.2 Å². The van der Waals surface area contributed by atoms with Gasteiger partial charge < -0.3 is 83.6 Å². The molecule has 0 spiro atoms. The number of ketones is 1. The number of ether oxygens (including phenoxy) is 1. The first-order valence-electron chi connectivity index (χ1n) is 21.5. The fraction of sp³-hybridized carbons (Fsp3) is 0.143. The maximum absolute atomic E-state index is 11.0. The summed E-state index contributed by atoms with van der Waals surface area (Å²) >= 11 is 2.15. The Morgan fingerprint density at radius 2 is 0.773 bits per heavy atom. The van der Waals surface area contributed by atoms with Crippen LogP contribution in [0.4, 0.5) is 0 Å². The van der Waals surface area contributed by atoms with Gasteiger partial charge in [-0.1, -0.05) is 29.5 Å². The molecule has 20 N–H and O–H groups in total. The number of nitrogens with zero attached hydrogens (tertiary/aromatic N) is 6. The van der Waals surface area contributed by atoms with E-state index in [0.717, 1.165) is 37.2 Å². The van der Waals surface area contributed by atoms with Crippen molar-refractivity contribution in [1.29, 1.82) is 0 Å². The molecule has 6 aromatic rings. The average Bonchev–Trinajstić information content (AvgIpc) is 3.46. The van der Waals surface area contributed by atoms with E-state index in [1.54, 1.807) is 18.3 Å². The number of carboxylic acid groups (broad SMARTS) is 5. The van der Waals surface area contributed by atoms with Crippen LogP contribution in [0.3, 0.4) is 0 Å². The van der Waals surface area contributed by atoms with Crippen LogP contribution in [0.1, 0.15) is 141 Å². The molecule has 0 fully saturated rings. The van der Waals surface area contributed by atoms with Crippen molar-refractivity contribution >= 4 is 115 Å². The smallest absolute Gasteiger partial charge is 1.00 e. The van der Waals surface area contributed by atoms with Crippen LogP contribution in [0.5, 0.6) is 0 Å². The standard InChI is InChI=1S/C8H8N2O3.C8H10N2O.C8H7NO3.C7H6N2O3.C7H8N2O2.C7H5NO4.C2H4O2.CH3I.CH2O3.B.ClH.2H3N.3Na.2H/c1-13-8(12)5-2-3-10-6(4-5)7(9)11;1-2-6-3-4-10-7(5-6)8(9)11;1-5(10)7-4-6(8(11)12)2-3-9-7;8-6(10)5-3-4(7(11)12)1-2-9-5;8-7(11)6-3-5(4-10)1-2-9-6;9-6(10)4-1-2-8-5(3-4)7(11)12;1-2(3)4;1-2;2-1-4-3;;;;;;;;;/h2-4H,1H3,(H2,9,11);3-5H,2H2,1H3,(H2,9,11);2-4H,1H3,(H,11,12);1-3H,(H2,8,10)(H,11,12);1-3,10H,4H2,(H2,8,11);1-3H,(H,9,10)(H,11,12);1H3,(H,3,4);1H3;1,3H;;1H;2*1H3;;;;;/q;;;;;;;;;;;;;3*+1;2*-1. The molecule has 39 heteroatoms. The second-order valence-corrected chi connectivity index (χ2v) is 13.8. The summed E-state index contributed by atoms with van der Waals surface area (Å²) in [5.41, 5.74) is 22.2. The number of aliphatic carboxylic acids is 1. The first kappa shape index (κ1) is 103. The molecule has 0 saturated carbocycles. The summed E-state index contributed by atoms with van der Waals surface area (Å²) in [4.78, 5) is 150. The fourth-order valence-corrected chi connectivity index (χ4v) is 4.48. The number of esters is 1. The number of aromatic carboxylic acids is 4. The normalized spacial score (nSPS) is 8.18. The number of rotatable bonds is 13. The number of pyridine rings is 6. The SMILES string of the molecule is CC(=O)O.CC(=O)c1cc(C(=O)O)ccn1.CCc1ccnc(C(N)=O)c1.CI.COC(=O)c1ccnc(C(N)=O)c1.Cl.N.N.NC(=O)c1cc(C(=O)O)ccn1.NC(=O)c1cc(CO)ccn1.O=C(O)c1ccnc(C(=O)O)c1.O=CO[O-].[B].[H+].[H-].[H-].[Na+].[Na+].[Na+]. The van der Waals surface area contributed by atoms with Crippen LogP contribution >= 0.6 is 35.0 Å². The van der Waals surface area contributed by atoms with E-state index in [-0.39, 0.29) is 196 Å². The van der Waals surface area contributed by atoms with Crippen LogP contribution in [-0.2, 0) is 32.2 Å². The van der Waals surface area contributed by atoms with Crippen molar-refractivity contribution in [2.75, 3.05) is 12.0 Å². The Hall–Kier alpha value is -7.34. The maximum Gasteiger partial charge on any atom is 1.00 e. The summed E-state index contributed by atoms with van der Waals surface area (Å²) in [5, 5.41) is 58.5.